The molecule has 0 spiro atoms. The number of anilines is 2. The van der Waals surface area contributed by atoms with Gasteiger partial charge in [-0.2, -0.15) is 0 Å². The van der Waals surface area contributed by atoms with Crippen molar-refractivity contribution in [3.63, 3.8) is 0 Å². The number of furan rings is 1. The van der Waals surface area contributed by atoms with E-state index in [0.717, 1.165) is 11.5 Å². The predicted molar refractivity (Wildman–Crippen MR) is 111 cm³/mol. The van der Waals surface area contributed by atoms with Gasteiger partial charge in [0.15, 0.2) is 0 Å². The summed E-state index contributed by atoms with van der Waals surface area (Å²) >= 11 is 0. The fourth-order valence-electron chi connectivity index (χ4n) is 2.69. The van der Waals surface area contributed by atoms with Crippen molar-refractivity contribution >= 4 is 17.4 Å². The number of para-hydroxylation sites is 1. The summed E-state index contributed by atoms with van der Waals surface area (Å²) in [6.07, 6.45) is 3.21. The molecule has 2 aromatic carbocycles. The van der Waals surface area contributed by atoms with Crippen molar-refractivity contribution in [1.29, 1.82) is 0 Å². The molecule has 4 rings (SSSR count). The maximum atomic E-state index is 12.6. The van der Waals surface area contributed by atoms with Crippen molar-refractivity contribution < 1.29 is 13.9 Å². The van der Waals surface area contributed by atoms with Gasteiger partial charge in [-0.05, 0) is 60.7 Å². The Morgan fingerprint density at radius 1 is 0.931 bits per heavy atom. The lowest BCUT2D eigenvalue weighted by Crippen LogP contribution is -2.12. The number of carbonyl (C=O) groups excluding carboxylic acids is 1. The molecule has 0 fully saturated rings. The lowest BCUT2D eigenvalue weighted by molar-refractivity contribution is 0.102. The molecule has 4 aromatic rings. The number of ether oxygens (including phenoxy) is 1. The molecule has 2 N–H and O–H groups in total. The zero-order valence-electron chi connectivity index (χ0n) is 15.5. The molecule has 0 aliphatic heterocycles. The second-order valence-electron chi connectivity index (χ2n) is 6.26. The summed E-state index contributed by atoms with van der Waals surface area (Å²) in [5.74, 6) is 2.63. The number of pyridine rings is 1. The van der Waals surface area contributed by atoms with Gasteiger partial charge in [0.1, 0.15) is 23.1 Å². The van der Waals surface area contributed by atoms with Gasteiger partial charge < -0.3 is 19.8 Å². The monoisotopic (exact) mass is 385 g/mol. The van der Waals surface area contributed by atoms with Gasteiger partial charge in [0.05, 0.1) is 12.8 Å². The third-order valence-corrected chi connectivity index (χ3v) is 4.14. The Kier molecular flexibility index (Phi) is 5.53. The van der Waals surface area contributed by atoms with E-state index < -0.39 is 0 Å². The second-order valence-corrected chi connectivity index (χ2v) is 6.26. The minimum Gasteiger partial charge on any atom is -0.467 e. The van der Waals surface area contributed by atoms with Crippen LogP contribution >= 0.6 is 0 Å². The lowest BCUT2D eigenvalue weighted by Gasteiger charge is -2.09. The maximum Gasteiger partial charge on any atom is 0.255 e. The molecular weight excluding hydrogens is 366 g/mol. The average Bonchev–Trinajstić information content (AvgIpc) is 3.28. The summed E-state index contributed by atoms with van der Waals surface area (Å²) in [7, 11) is 0. The number of benzene rings is 2. The van der Waals surface area contributed by atoms with Crippen molar-refractivity contribution in [2.45, 2.75) is 6.54 Å². The first-order valence-electron chi connectivity index (χ1n) is 9.13. The van der Waals surface area contributed by atoms with E-state index in [1.165, 1.54) is 0 Å². The quantitative estimate of drug-likeness (QED) is 0.450. The Hall–Kier alpha value is -4.06. The Balaban J connectivity index is 1.36. The van der Waals surface area contributed by atoms with Crippen LogP contribution in [0.4, 0.5) is 11.5 Å². The highest BCUT2D eigenvalue weighted by atomic mass is 16.5. The van der Waals surface area contributed by atoms with Gasteiger partial charge in [0, 0.05) is 17.4 Å². The van der Waals surface area contributed by atoms with E-state index in [-0.39, 0.29) is 5.91 Å². The molecule has 0 atom stereocenters. The normalized spacial score (nSPS) is 10.3. The van der Waals surface area contributed by atoms with Crippen LogP contribution in [-0.2, 0) is 6.54 Å². The van der Waals surface area contributed by atoms with E-state index in [1.807, 2.05) is 54.6 Å². The van der Waals surface area contributed by atoms with Crippen LogP contribution in [0.1, 0.15) is 16.1 Å². The van der Waals surface area contributed by atoms with Crippen LogP contribution in [0.15, 0.2) is 95.7 Å². The number of amides is 1. The first-order valence-corrected chi connectivity index (χ1v) is 9.13. The first kappa shape index (κ1) is 18.3. The van der Waals surface area contributed by atoms with Crippen LogP contribution in [0.25, 0.3) is 0 Å². The molecule has 0 aliphatic rings. The Labute approximate surface area is 168 Å². The topological polar surface area (TPSA) is 76.4 Å². The standard InChI is InChI=1S/C23H19N3O3/c27-23(17-12-13-24-22(15-17)25-16-21-7-4-14-28-21)26-18-8-10-20(11-9-18)29-19-5-2-1-3-6-19/h1-15H,16H2,(H,24,25)(H,26,27). The molecule has 2 heterocycles. The largest absolute Gasteiger partial charge is 0.467 e. The SMILES string of the molecule is O=C(Nc1ccc(Oc2ccccc2)cc1)c1ccnc(NCc2ccco2)c1. The number of hydrogen-bond acceptors (Lipinski definition) is 5. The highest BCUT2D eigenvalue weighted by Crippen LogP contribution is 2.23. The van der Waals surface area contributed by atoms with Gasteiger partial charge >= 0.3 is 0 Å². The van der Waals surface area contributed by atoms with Crippen molar-refractivity contribution in [2.24, 2.45) is 0 Å². The maximum absolute atomic E-state index is 12.6. The number of nitrogens with zero attached hydrogens (tertiary/aromatic N) is 1. The number of rotatable bonds is 7. The average molecular weight is 385 g/mol. The summed E-state index contributed by atoms with van der Waals surface area (Å²) < 4.78 is 11.0. The third-order valence-electron chi connectivity index (χ3n) is 4.14. The molecule has 6 heteroatoms. The summed E-state index contributed by atoms with van der Waals surface area (Å²) in [6, 6.07) is 23.8. The molecule has 2 aromatic heterocycles. The van der Waals surface area contributed by atoms with Crippen LogP contribution in [-0.4, -0.2) is 10.9 Å². The van der Waals surface area contributed by atoms with Gasteiger partial charge in [-0.25, -0.2) is 4.98 Å². The second kappa shape index (κ2) is 8.75. The third kappa shape index (κ3) is 5.01. The molecule has 0 bridgehead atoms. The van der Waals surface area contributed by atoms with Crippen LogP contribution in [0.3, 0.4) is 0 Å². The van der Waals surface area contributed by atoms with E-state index in [9.17, 15) is 4.79 Å². The number of carbonyl (C=O) groups is 1. The van der Waals surface area contributed by atoms with Crippen molar-refractivity contribution in [2.75, 3.05) is 10.6 Å². The van der Waals surface area contributed by atoms with Gasteiger partial charge in [0.2, 0.25) is 0 Å². The fraction of sp³-hybridized carbons (Fsp3) is 0.0435. The van der Waals surface area contributed by atoms with Gasteiger partial charge in [-0.1, -0.05) is 18.2 Å². The van der Waals surface area contributed by atoms with E-state index >= 15 is 0 Å². The van der Waals surface area contributed by atoms with Crippen LogP contribution in [0.2, 0.25) is 0 Å². The number of nitrogens with one attached hydrogen (secondary N) is 2. The minimum atomic E-state index is -0.217. The predicted octanol–water partition coefficient (Wildman–Crippen LogP) is 5.33. The smallest absolute Gasteiger partial charge is 0.255 e. The summed E-state index contributed by atoms with van der Waals surface area (Å²) in [5.41, 5.74) is 1.18. The van der Waals surface area contributed by atoms with E-state index in [0.29, 0.717) is 29.4 Å². The zero-order valence-corrected chi connectivity index (χ0v) is 15.5. The summed E-state index contributed by atoms with van der Waals surface area (Å²) in [4.78, 5) is 16.8. The van der Waals surface area contributed by atoms with Gasteiger partial charge in [-0.15, -0.1) is 0 Å². The Morgan fingerprint density at radius 2 is 1.72 bits per heavy atom. The Morgan fingerprint density at radius 3 is 2.48 bits per heavy atom. The van der Waals surface area contributed by atoms with Crippen LogP contribution in [0.5, 0.6) is 11.5 Å². The molecule has 1 amide bonds. The van der Waals surface area contributed by atoms with E-state index in [2.05, 4.69) is 15.6 Å². The van der Waals surface area contributed by atoms with E-state index in [1.54, 1.807) is 36.7 Å². The summed E-state index contributed by atoms with van der Waals surface area (Å²) in [5, 5.41) is 6.01. The number of aromatic nitrogens is 1. The molecular formula is C23H19N3O3. The molecule has 0 saturated heterocycles. The highest BCUT2D eigenvalue weighted by Gasteiger charge is 2.08. The zero-order chi connectivity index (χ0) is 19.9. The van der Waals surface area contributed by atoms with Crippen LogP contribution in [0, 0.1) is 0 Å². The van der Waals surface area contributed by atoms with E-state index in [4.69, 9.17) is 9.15 Å². The van der Waals surface area contributed by atoms with Crippen molar-refractivity contribution in [3.8, 4) is 11.5 Å². The Bertz CT molecular complexity index is 1060. The minimum absolute atomic E-state index is 0.217. The summed E-state index contributed by atoms with van der Waals surface area (Å²) in [6.45, 7) is 0.494. The molecule has 0 aliphatic carbocycles. The molecule has 0 unspecified atom stereocenters. The lowest BCUT2D eigenvalue weighted by atomic mass is 10.2. The molecule has 29 heavy (non-hydrogen) atoms. The highest BCUT2D eigenvalue weighted by molar-refractivity contribution is 6.04. The molecule has 6 nitrogen and oxygen atoms in total. The van der Waals surface area contributed by atoms with Gasteiger partial charge in [0.25, 0.3) is 5.91 Å². The first-order chi connectivity index (χ1) is 14.3. The van der Waals surface area contributed by atoms with Crippen molar-refractivity contribution in [1.82, 2.24) is 4.98 Å². The number of hydrogen-bond donors (Lipinski definition) is 2. The molecule has 0 saturated carbocycles. The molecule has 144 valence electrons. The van der Waals surface area contributed by atoms with Crippen molar-refractivity contribution in [3.05, 3.63) is 103 Å². The van der Waals surface area contributed by atoms with Gasteiger partial charge in [-0.3, -0.25) is 4.79 Å². The fourth-order valence-corrected chi connectivity index (χ4v) is 2.69. The van der Waals surface area contributed by atoms with Crippen LogP contribution < -0.4 is 15.4 Å². The molecule has 0 radical (unpaired) electrons.